The van der Waals surface area contributed by atoms with E-state index in [2.05, 4.69) is 69.3 Å². The predicted molar refractivity (Wildman–Crippen MR) is 121 cm³/mol. The molecule has 1 aliphatic rings. The number of thiocarbonyl (C=S) groups is 1. The van der Waals surface area contributed by atoms with Crippen molar-refractivity contribution in [2.24, 2.45) is 0 Å². The molecule has 1 N–H and O–H groups in total. The van der Waals surface area contributed by atoms with Gasteiger partial charge in [-0.05, 0) is 67.7 Å². The van der Waals surface area contributed by atoms with E-state index in [0.717, 1.165) is 22.8 Å². The number of hydrogen-bond donors (Lipinski definition) is 1. The van der Waals surface area contributed by atoms with E-state index in [0.29, 0.717) is 11.7 Å². The minimum Gasteiger partial charge on any atom is -0.467 e. The molecule has 0 saturated carbocycles. The molecule has 3 aromatic heterocycles. The third-order valence-corrected chi connectivity index (χ3v) is 5.80. The molecule has 0 amide bonds. The number of furan rings is 1. The number of benzene rings is 1. The van der Waals surface area contributed by atoms with E-state index in [1.54, 1.807) is 6.26 Å². The quantitative estimate of drug-likeness (QED) is 0.465. The zero-order chi connectivity index (χ0) is 20.5. The topological polar surface area (TPSA) is 46.2 Å². The number of rotatable bonds is 5. The molecule has 2 unspecified atom stereocenters. The van der Waals surface area contributed by atoms with Crippen LogP contribution in [-0.4, -0.2) is 14.7 Å². The monoisotopic (exact) mass is 414 g/mol. The molecular weight excluding hydrogens is 392 g/mol. The van der Waals surface area contributed by atoms with E-state index in [1.807, 2.05) is 36.5 Å². The van der Waals surface area contributed by atoms with Crippen molar-refractivity contribution >= 4 is 23.0 Å². The van der Waals surface area contributed by atoms with Crippen molar-refractivity contribution in [1.29, 1.82) is 0 Å². The van der Waals surface area contributed by atoms with Gasteiger partial charge in [0.15, 0.2) is 5.11 Å². The number of nitrogens with zero attached hydrogens (tertiary/aromatic N) is 3. The zero-order valence-corrected chi connectivity index (χ0v) is 17.4. The maximum Gasteiger partial charge on any atom is 0.174 e. The summed E-state index contributed by atoms with van der Waals surface area (Å²) in [5, 5.41) is 4.22. The highest BCUT2D eigenvalue weighted by atomic mass is 32.1. The zero-order valence-electron chi connectivity index (χ0n) is 16.6. The minimum absolute atomic E-state index is 0.0416. The third-order valence-electron chi connectivity index (χ3n) is 5.48. The van der Waals surface area contributed by atoms with Crippen LogP contribution in [0.1, 0.15) is 34.8 Å². The lowest BCUT2D eigenvalue weighted by molar-refractivity contribution is 0.475. The largest absolute Gasteiger partial charge is 0.467 e. The molecular formula is C24H22N4OS. The molecule has 30 heavy (non-hydrogen) atoms. The molecule has 1 saturated heterocycles. The van der Waals surface area contributed by atoms with Crippen LogP contribution < -0.4 is 10.2 Å². The molecule has 4 heterocycles. The maximum absolute atomic E-state index is 5.80. The fraction of sp³-hybridized carbons (Fsp3) is 0.167. The van der Waals surface area contributed by atoms with Crippen LogP contribution >= 0.6 is 12.2 Å². The van der Waals surface area contributed by atoms with Crippen molar-refractivity contribution < 1.29 is 4.42 Å². The van der Waals surface area contributed by atoms with Crippen LogP contribution in [0.2, 0.25) is 0 Å². The molecule has 4 aromatic rings. The highest BCUT2D eigenvalue weighted by Crippen LogP contribution is 2.41. The molecule has 5 nitrogen and oxygen atoms in total. The molecule has 1 aromatic carbocycles. The molecule has 1 aliphatic heterocycles. The van der Waals surface area contributed by atoms with Gasteiger partial charge in [0.1, 0.15) is 11.8 Å². The van der Waals surface area contributed by atoms with E-state index in [-0.39, 0.29) is 12.1 Å². The van der Waals surface area contributed by atoms with Crippen LogP contribution in [0.3, 0.4) is 0 Å². The molecule has 0 spiro atoms. The first-order valence-corrected chi connectivity index (χ1v) is 10.4. The number of pyridine rings is 1. The number of nitrogens with one attached hydrogen (secondary N) is 1. The van der Waals surface area contributed by atoms with Gasteiger partial charge >= 0.3 is 0 Å². The highest BCUT2D eigenvalue weighted by molar-refractivity contribution is 7.80. The fourth-order valence-corrected chi connectivity index (χ4v) is 4.39. The van der Waals surface area contributed by atoms with Gasteiger partial charge in [-0.3, -0.25) is 4.98 Å². The van der Waals surface area contributed by atoms with Crippen molar-refractivity contribution in [3.8, 4) is 0 Å². The van der Waals surface area contributed by atoms with Crippen LogP contribution in [-0.2, 0) is 6.54 Å². The van der Waals surface area contributed by atoms with Gasteiger partial charge in [0, 0.05) is 23.8 Å². The number of aromatic nitrogens is 2. The Morgan fingerprint density at radius 1 is 1.03 bits per heavy atom. The average Bonchev–Trinajstić information content (AvgIpc) is 3.50. The summed E-state index contributed by atoms with van der Waals surface area (Å²) in [6.45, 7) is 2.75. The Bertz CT molecular complexity index is 1140. The van der Waals surface area contributed by atoms with Crippen LogP contribution in [0, 0.1) is 6.92 Å². The third kappa shape index (κ3) is 3.39. The Balaban J connectivity index is 1.60. The average molecular weight is 415 g/mol. The molecule has 0 radical (unpaired) electrons. The molecule has 5 rings (SSSR count). The normalized spacial score (nSPS) is 18.6. The Morgan fingerprint density at radius 3 is 2.63 bits per heavy atom. The first kappa shape index (κ1) is 18.6. The summed E-state index contributed by atoms with van der Waals surface area (Å²) in [6, 6.07) is 22.5. The molecule has 0 aliphatic carbocycles. The van der Waals surface area contributed by atoms with E-state index in [4.69, 9.17) is 16.6 Å². The Hall–Kier alpha value is -3.38. The van der Waals surface area contributed by atoms with Gasteiger partial charge in [-0.2, -0.15) is 0 Å². The first-order chi connectivity index (χ1) is 14.7. The van der Waals surface area contributed by atoms with Crippen molar-refractivity contribution in [3.05, 3.63) is 108 Å². The Morgan fingerprint density at radius 2 is 1.90 bits per heavy atom. The second-order valence-electron chi connectivity index (χ2n) is 7.47. The van der Waals surface area contributed by atoms with Gasteiger partial charge in [-0.25, -0.2) is 0 Å². The minimum atomic E-state index is -0.0646. The van der Waals surface area contributed by atoms with Gasteiger partial charge in [0.05, 0.1) is 24.5 Å². The molecule has 1 fully saturated rings. The van der Waals surface area contributed by atoms with Crippen molar-refractivity contribution in [2.75, 3.05) is 4.90 Å². The molecule has 2 atom stereocenters. The standard InChI is InChI=1S/C24H22N4OS/c1-17-9-11-18(12-10-17)28-23(22(26-24(28)30)20-7-2-3-13-25-20)21-8-4-14-27(21)16-19-6-5-15-29-19/h2-15,22-23H,16H2,1H3,(H,26,30). The van der Waals surface area contributed by atoms with Gasteiger partial charge < -0.3 is 19.2 Å². The molecule has 150 valence electrons. The second-order valence-corrected chi connectivity index (χ2v) is 7.86. The molecule has 6 heteroatoms. The summed E-state index contributed by atoms with van der Waals surface area (Å²) >= 11 is 5.80. The summed E-state index contributed by atoms with van der Waals surface area (Å²) in [6.07, 6.45) is 5.62. The Kier molecular flexibility index (Phi) is 4.85. The lowest BCUT2D eigenvalue weighted by Gasteiger charge is -2.29. The maximum atomic E-state index is 5.80. The number of anilines is 1. The fourth-order valence-electron chi connectivity index (χ4n) is 4.05. The van der Waals surface area contributed by atoms with Crippen molar-refractivity contribution in [3.63, 3.8) is 0 Å². The second kappa shape index (κ2) is 7.80. The van der Waals surface area contributed by atoms with E-state index in [9.17, 15) is 0 Å². The lowest BCUT2D eigenvalue weighted by atomic mass is 10.0. The van der Waals surface area contributed by atoms with Crippen molar-refractivity contribution in [1.82, 2.24) is 14.9 Å². The summed E-state index contributed by atoms with van der Waals surface area (Å²) in [4.78, 5) is 6.82. The predicted octanol–water partition coefficient (Wildman–Crippen LogP) is 5.01. The van der Waals surface area contributed by atoms with Gasteiger partial charge in [0.25, 0.3) is 0 Å². The van der Waals surface area contributed by atoms with Gasteiger partial charge in [-0.1, -0.05) is 23.8 Å². The summed E-state index contributed by atoms with van der Waals surface area (Å²) in [5.41, 5.74) is 4.39. The van der Waals surface area contributed by atoms with Crippen molar-refractivity contribution in [2.45, 2.75) is 25.6 Å². The molecule has 0 bridgehead atoms. The SMILES string of the molecule is Cc1ccc(N2C(=S)NC(c3ccccn3)C2c2cccn2Cc2ccco2)cc1. The first-order valence-electron chi connectivity index (χ1n) is 9.95. The smallest absolute Gasteiger partial charge is 0.174 e. The number of hydrogen-bond acceptors (Lipinski definition) is 3. The van der Waals surface area contributed by atoms with Gasteiger partial charge in [-0.15, -0.1) is 0 Å². The van der Waals surface area contributed by atoms with Crippen LogP contribution in [0.25, 0.3) is 0 Å². The highest BCUT2D eigenvalue weighted by Gasteiger charge is 2.42. The van der Waals surface area contributed by atoms with E-state index < -0.39 is 0 Å². The lowest BCUT2D eigenvalue weighted by Crippen LogP contribution is -2.30. The van der Waals surface area contributed by atoms with Gasteiger partial charge in [0.2, 0.25) is 0 Å². The summed E-state index contributed by atoms with van der Waals surface area (Å²) < 4.78 is 7.81. The van der Waals surface area contributed by atoms with E-state index >= 15 is 0 Å². The van der Waals surface area contributed by atoms with Crippen LogP contribution in [0.15, 0.2) is 89.8 Å². The van der Waals surface area contributed by atoms with Crippen LogP contribution in [0.5, 0.6) is 0 Å². The summed E-state index contributed by atoms with van der Waals surface area (Å²) in [7, 11) is 0. The van der Waals surface area contributed by atoms with E-state index in [1.165, 1.54) is 5.56 Å². The van der Waals surface area contributed by atoms with Crippen LogP contribution in [0.4, 0.5) is 5.69 Å². The number of aryl methyl sites for hydroxylation is 1. The Labute approximate surface area is 181 Å². The summed E-state index contributed by atoms with van der Waals surface area (Å²) in [5.74, 6) is 0.914.